The second-order valence-corrected chi connectivity index (χ2v) is 8.69. The zero-order chi connectivity index (χ0) is 19.3. The summed E-state index contributed by atoms with van der Waals surface area (Å²) in [6.45, 7) is 5.85. The Bertz CT molecular complexity index is 1010. The third kappa shape index (κ3) is 2.81. The van der Waals surface area contributed by atoms with Crippen LogP contribution in [0.1, 0.15) is 45.2 Å². The van der Waals surface area contributed by atoms with Crippen LogP contribution in [-0.2, 0) is 16.8 Å². The number of ether oxygens (including phenoxy) is 1. The molecule has 1 amide bonds. The summed E-state index contributed by atoms with van der Waals surface area (Å²) in [6.07, 6.45) is 6.16. The first-order valence-corrected chi connectivity index (χ1v) is 10.5. The fourth-order valence-corrected chi connectivity index (χ4v) is 5.79. The van der Waals surface area contributed by atoms with Crippen molar-refractivity contribution in [3.05, 3.63) is 52.2 Å². The van der Waals surface area contributed by atoms with Crippen LogP contribution in [0.25, 0.3) is 10.6 Å². The van der Waals surface area contributed by atoms with Crippen LogP contribution < -0.4 is 0 Å². The van der Waals surface area contributed by atoms with Crippen molar-refractivity contribution in [2.45, 2.75) is 38.7 Å². The van der Waals surface area contributed by atoms with Gasteiger partial charge in [0.15, 0.2) is 0 Å². The maximum Gasteiger partial charge on any atom is 0.257 e. The van der Waals surface area contributed by atoms with Crippen molar-refractivity contribution in [2.75, 3.05) is 19.7 Å². The molecular formula is C21H23N3O3S. The third-order valence-corrected chi connectivity index (χ3v) is 7.26. The Hall–Kier alpha value is -2.38. The van der Waals surface area contributed by atoms with Gasteiger partial charge in [0.1, 0.15) is 17.1 Å². The van der Waals surface area contributed by atoms with Crippen LogP contribution in [-0.4, -0.2) is 40.5 Å². The maximum atomic E-state index is 12.9. The summed E-state index contributed by atoms with van der Waals surface area (Å²) in [7, 11) is 0. The van der Waals surface area contributed by atoms with E-state index in [2.05, 4.69) is 16.0 Å². The van der Waals surface area contributed by atoms with Crippen molar-refractivity contribution < 1.29 is 13.9 Å². The number of carbonyl (C=O) groups is 1. The molecule has 146 valence electrons. The lowest BCUT2D eigenvalue weighted by Crippen LogP contribution is -2.47. The summed E-state index contributed by atoms with van der Waals surface area (Å²) in [5.41, 5.74) is 2.83. The molecule has 5 rings (SSSR count). The van der Waals surface area contributed by atoms with Gasteiger partial charge in [-0.1, -0.05) is 0 Å². The molecule has 28 heavy (non-hydrogen) atoms. The Morgan fingerprint density at radius 2 is 2.11 bits per heavy atom. The van der Waals surface area contributed by atoms with Crippen molar-refractivity contribution in [3.8, 4) is 10.6 Å². The second kappa shape index (κ2) is 6.60. The molecule has 3 aromatic heterocycles. The number of aryl methyl sites for hydroxylation is 2. The number of H-pyrrole nitrogens is 1. The number of aromatic nitrogens is 2. The predicted molar refractivity (Wildman–Crippen MR) is 107 cm³/mol. The summed E-state index contributed by atoms with van der Waals surface area (Å²) < 4.78 is 11.9. The molecule has 5 heterocycles. The number of likely N-dealkylation sites (tertiary alicyclic amines) is 1. The lowest BCUT2D eigenvalue weighted by Gasteiger charge is -2.43. The smallest absolute Gasteiger partial charge is 0.257 e. The van der Waals surface area contributed by atoms with E-state index in [1.54, 1.807) is 17.7 Å². The molecule has 0 radical (unpaired) electrons. The summed E-state index contributed by atoms with van der Waals surface area (Å²) >= 11 is 1.80. The molecule has 2 aliphatic heterocycles. The van der Waals surface area contributed by atoms with Gasteiger partial charge in [0, 0.05) is 18.0 Å². The Morgan fingerprint density at radius 1 is 1.29 bits per heavy atom. The van der Waals surface area contributed by atoms with Crippen LogP contribution in [0, 0.1) is 13.8 Å². The summed E-state index contributed by atoms with van der Waals surface area (Å²) in [5, 5.41) is 0. The Kier molecular flexibility index (Phi) is 4.17. The number of nitrogens with zero attached hydrogens (tertiary/aromatic N) is 2. The quantitative estimate of drug-likeness (QED) is 0.708. The van der Waals surface area contributed by atoms with Gasteiger partial charge < -0.3 is 19.0 Å². The van der Waals surface area contributed by atoms with Gasteiger partial charge in [0.05, 0.1) is 35.3 Å². The van der Waals surface area contributed by atoms with Crippen LogP contribution >= 0.6 is 11.3 Å². The van der Waals surface area contributed by atoms with Gasteiger partial charge in [0.2, 0.25) is 0 Å². The molecule has 2 aliphatic rings. The molecule has 1 spiro atoms. The molecule has 0 aliphatic carbocycles. The second-order valence-electron chi connectivity index (χ2n) is 7.64. The van der Waals surface area contributed by atoms with E-state index in [0.29, 0.717) is 24.4 Å². The molecule has 0 aromatic carbocycles. The van der Waals surface area contributed by atoms with Gasteiger partial charge in [-0.3, -0.25) is 4.79 Å². The standard InChI is InChI=1S/C21H23N3O3S/c1-13-9-16(14(2)27-13)20(25)24-6-4-21(5-7-24)19-15(3-8-26-21)10-18(28-19)17-11-22-12-23-17/h9-12H,3-8H2,1-2H3,(H,22,23). The van der Waals surface area contributed by atoms with Gasteiger partial charge in [-0.25, -0.2) is 4.98 Å². The summed E-state index contributed by atoms with van der Waals surface area (Å²) in [4.78, 5) is 24.7. The van der Waals surface area contributed by atoms with Crippen molar-refractivity contribution in [1.82, 2.24) is 14.9 Å². The van der Waals surface area contributed by atoms with Crippen LogP contribution in [0.15, 0.2) is 29.1 Å². The Balaban J connectivity index is 1.38. The minimum Gasteiger partial charge on any atom is -0.466 e. The minimum atomic E-state index is -0.269. The average molecular weight is 398 g/mol. The van der Waals surface area contributed by atoms with E-state index in [9.17, 15) is 4.79 Å². The number of furan rings is 1. The number of amides is 1. The van der Waals surface area contributed by atoms with Gasteiger partial charge >= 0.3 is 0 Å². The normalized spacial score (nSPS) is 18.4. The highest BCUT2D eigenvalue weighted by atomic mass is 32.1. The lowest BCUT2D eigenvalue weighted by atomic mass is 9.85. The lowest BCUT2D eigenvalue weighted by molar-refractivity contribution is -0.0906. The van der Waals surface area contributed by atoms with Crippen LogP contribution in [0.5, 0.6) is 0 Å². The zero-order valence-corrected chi connectivity index (χ0v) is 16.9. The van der Waals surface area contributed by atoms with Crippen molar-refractivity contribution >= 4 is 17.2 Å². The molecular weight excluding hydrogens is 374 g/mol. The average Bonchev–Trinajstić information content (AvgIpc) is 3.41. The number of rotatable bonds is 2. The van der Waals surface area contributed by atoms with Crippen LogP contribution in [0.2, 0.25) is 0 Å². The van der Waals surface area contributed by atoms with Gasteiger partial charge in [0.25, 0.3) is 5.91 Å². The minimum absolute atomic E-state index is 0.0598. The summed E-state index contributed by atoms with van der Waals surface area (Å²) in [6, 6.07) is 4.11. The highest BCUT2D eigenvalue weighted by Crippen LogP contribution is 2.47. The van der Waals surface area contributed by atoms with Gasteiger partial charge in [-0.05, 0) is 50.8 Å². The number of fused-ring (bicyclic) bond motifs is 2. The van der Waals surface area contributed by atoms with Crippen molar-refractivity contribution in [3.63, 3.8) is 0 Å². The predicted octanol–water partition coefficient (Wildman–Crippen LogP) is 4.05. The molecule has 6 nitrogen and oxygen atoms in total. The molecule has 7 heteroatoms. The molecule has 3 aromatic rings. The molecule has 0 unspecified atom stereocenters. The van der Waals surface area contributed by atoms with Crippen LogP contribution in [0.4, 0.5) is 0 Å². The largest absolute Gasteiger partial charge is 0.466 e. The fourth-order valence-electron chi connectivity index (χ4n) is 4.40. The number of hydrogen-bond donors (Lipinski definition) is 1. The van der Waals surface area contributed by atoms with E-state index in [4.69, 9.17) is 9.15 Å². The van der Waals surface area contributed by atoms with Gasteiger partial charge in [-0.15, -0.1) is 11.3 Å². The number of piperidine rings is 1. The number of nitrogens with one attached hydrogen (secondary N) is 1. The van der Waals surface area contributed by atoms with E-state index >= 15 is 0 Å². The van der Waals surface area contributed by atoms with E-state index in [1.807, 2.05) is 31.0 Å². The number of aromatic amines is 1. The van der Waals surface area contributed by atoms with E-state index in [1.165, 1.54) is 15.3 Å². The molecule has 0 saturated carbocycles. The van der Waals surface area contributed by atoms with Crippen molar-refractivity contribution in [2.24, 2.45) is 0 Å². The first kappa shape index (κ1) is 17.7. The fraction of sp³-hybridized carbons (Fsp3) is 0.429. The first-order valence-electron chi connectivity index (χ1n) is 9.68. The molecule has 1 saturated heterocycles. The zero-order valence-electron chi connectivity index (χ0n) is 16.1. The highest BCUT2D eigenvalue weighted by Gasteiger charge is 2.43. The molecule has 1 fully saturated rings. The third-order valence-electron chi connectivity index (χ3n) is 5.87. The first-order chi connectivity index (χ1) is 13.6. The summed E-state index contributed by atoms with van der Waals surface area (Å²) in [5.74, 6) is 1.53. The number of imidazole rings is 1. The highest BCUT2D eigenvalue weighted by molar-refractivity contribution is 7.15. The van der Waals surface area contributed by atoms with E-state index < -0.39 is 0 Å². The van der Waals surface area contributed by atoms with Crippen LogP contribution in [0.3, 0.4) is 0 Å². The number of hydrogen-bond acceptors (Lipinski definition) is 5. The maximum absolute atomic E-state index is 12.9. The molecule has 0 bridgehead atoms. The molecule has 1 N–H and O–H groups in total. The number of carbonyl (C=O) groups excluding carboxylic acids is 1. The monoisotopic (exact) mass is 397 g/mol. The molecule has 0 atom stereocenters. The SMILES string of the molecule is Cc1cc(C(=O)N2CCC3(CC2)OCCc2cc(-c4cnc[nH]4)sc23)c(C)o1. The van der Waals surface area contributed by atoms with Crippen molar-refractivity contribution in [1.29, 1.82) is 0 Å². The van der Waals surface area contributed by atoms with Gasteiger partial charge in [-0.2, -0.15) is 0 Å². The Morgan fingerprint density at radius 3 is 2.79 bits per heavy atom. The Labute approximate surface area is 167 Å². The topological polar surface area (TPSA) is 71.4 Å². The van der Waals surface area contributed by atoms with E-state index in [-0.39, 0.29) is 11.5 Å². The number of thiophene rings is 1. The van der Waals surface area contributed by atoms with E-state index in [0.717, 1.165) is 37.3 Å².